The molecule has 34 heavy (non-hydrogen) atoms. The Bertz CT molecular complexity index is 837. The van der Waals surface area contributed by atoms with Crippen molar-refractivity contribution in [3.63, 3.8) is 0 Å². The number of carboxylic acid groups (broad SMARTS) is 1. The Hall–Kier alpha value is -2.41. The van der Waals surface area contributed by atoms with E-state index < -0.39 is 17.9 Å². The smallest absolute Gasteiger partial charge is 0.326 e. The van der Waals surface area contributed by atoms with Gasteiger partial charge in [0.25, 0.3) is 5.91 Å². The van der Waals surface area contributed by atoms with E-state index in [1.54, 1.807) is 13.0 Å². The summed E-state index contributed by atoms with van der Waals surface area (Å²) in [6, 6.07) is 4.47. The second-order valence-electron chi connectivity index (χ2n) is 10.4. The number of rotatable bonds is 7. The third kappa shape index (κ3) is 8.75. The van der Waals surface area contributed by atoms with Gasteiger partial charge in [-0.25, -0.2) is 4.79 Å². The minimum Gasteiger partial charge on any atom is -0.480 e. The number of anilines is 1. The summed E-state index contributed by atoms with van der Waals surface area (Å²) in [6.07, 6.45) is 5.90. The standard InChI is InChI=1S/C27H43N3O4/c1-19(2)15-24(27(33)34)28-26(32)22-11-12-25-23(16-22)18-29(17-20(3)4)13-9-7-6-8-10-14-30(25)21(5)31/h11-12,16,19-20,24H,6-10,13-15,17-18H2,1-5H3,(H,28,32)(H,33,34)/t24-/m0/s1. The Balaban J connectivity index is 2.42. The molecule has 0 spiro atoms. The largest absolute Gasteiger partial charge is 0.480 e. The maximum atomic E-state index is 13.0. The minimum atomic E-state index is -1.03. The normalized spacial score (nSPS) is 17.0. The van der Waals surface area contributed by atoms with Crippen molar-refractivity contribution in [3.8, 4) is 0 Å². The number of carbonyl (C=O) groups excluding carboxylic acids is 2. The highest BCUT2D eigenvalue weighted by molar-refractivity contribution is 5.98. The highest BCUT2D eigenvalue weighted by Crippen LogP contribution is 2.26. The molecule has 0 unspecified atom stereocenters. The second kappa shape index (κ2) is 13.5. The summed E-state index contributed by atoms with van der Waals surface area (Å²) in [6.45, 7) is 13.1. The van der Waals surface area contributed by atoms with E-state index in [9.17, 15) is 19.5 Å². The summed E-state index contributed by atoms with van der Waals surface area (Å²) >= 11 is 0. The fourth-order valence-corrected chi connectivity index (χ4v) is 4.63. The highest BCUT2D eigenvalue weighted by atomic mass is 16.4. The molecule has 1 aromatic carbocycles. The fraction of sp³-hybridized carbons (Fsp3) is 0.667. The van der Waals surface area contributed by atoms with Crippen molar-refractivity contribution in [2.24, 2.45) is 11.8 Å². The molecule has 0 radical (unpaired) electrons. The van der Waals surface area contributed by atoms with E-state index in [2.05, 4.69) is 24.1 Å². The molecule has 1 aliphatic rings. The Morgan fingerprint density at radius 3 is 2.21 bits per heavy atom. The molecule has 0 saturated heterocycles. The van der Waals surface area contributed by atoms with Gasteiger partial charge in [-0.05, 0) is 61.4 Å². The number of carboxylic acids is 1. The van der Waals surface area contributed by atoms with E-state index >= 15 is 0 Å². The molecule has 0 fully saturated rings. The first-order valence-electron chi connectivity index (χ1n) is 12.8. The molecule has 1 atom stereocenters. The third-order valence-electron chi connectivity index (χ3n) is 6.20. The minimum absolute atomic E-state index is 0.00575. The number of benzene rings is 1. The van der Waals surface area contributed by atoms with Crippen molar-refractivity contribution in [3.05, 3.63) is 29.3 Å². The number of aliphatic carboxylic acids is 1. The number of hydrogen-bond donors (Lipinski definition) is 2. The van der Waals surface area contributed by atoms with Crippen molar-refractivity contribution < 1.29 is 19.5 Å². The number of nitrogens with one attached hydrogen (secondary N) is 1. The van der Waals surface area contributed by atoms with Crippen LogP contribution in [0.1, 0.15) is 89.1 Å². The van der Waals surface area contributed by atoms with E-state index in [0.717, 1.165) is 43.6 Å². The van der Waals surface area contributed by atoms with Gasteiger partial charge in [-0.3, -0.25) is 14.5 Å². The molecule has 7 nitrogen and oxygen atoms in total. The summed E-state index contributed by atoms with van der Waals surface area (Å²) in [5, 5.41) is 12.2. The Kier molecular flexibility index (Phi) is 11.0. The lowest BCUT2D eigenvalue weighted by atomic mass is 10.0. The van der Waals surface area contributed by atoms with Crippen LogP contribution >= 0.6 is 0 Å². The zero-order valence-electron chi connectivity index (χ0n) is 21.6. The number of hydrogen-bond acceptors (Lipinski definition) is 4. The predicted molar refractivity (Wildman–Crippen MR) is 136 cm³/mol. The summed E-state index contributed by atoms with van der Waals surface area (Å²) in [5.41, 5.74) is 2.20. The molecule has 0 aromatic heterocycles. The quantitative estimate of drug-likeness (QED) is 0.600. The SMILES string of the molecule is CC(=O)N1CCCCCCCN(CC(C)C)Cc2cc(C(=O)N[C@@H](CC(C)C)C(=O)O)ccc21. The van der Waals surface area contributed by atoms with E-state index in [1.165, 1.54) is 12.8 Å². The molecule has 0 bridgehead atoms. The first-order chi connectivity index (χ1) is 16.1. The number of amides is 2. The molecule has 190 valence electrons. The van der Waals surface area contributed by atoms with Crippen molar-refractivity contribution in [1.29, 1.82) is 0 Å². The Morgan fingerprint density at radius 1 is 0.971 bits per heavy atom. The molecule has 7 heteroatoms. The van der Waals surface area contributed by atoms with Crippen LogP contribution in [0, 0.1) is 11.8 Å². The molecule has 0 saturated carbocycles. The average molecular weight is 474 g/mol. The van der Waals surface area contributed by atoms with Crippen LogP contribution in [0.3, 0.4) is 0 Å². The molecule has 2 amide bonds. The molecule has 2 N–H and O–H groups in total. The van der Waals surface area contributed by atoms with Gasteiger partial charge in [0.1, 0.15) is 6.04 Å². The average Bonchev–Trinajstić information content (AvgIpc) is 2.73. The maximum Gasteiger partial charge on any atom is 0.326 e. The topological polar surface area (TPSA) is 90.0 Å². The molecule has 1 aromatic rings. The third-order valence-corrected chi connectivity index (χ3v) is 6.20. The first kappa shape index (κ1) is 27.8. The second-order valence-corrected chi connectivity index (χ2v) is 10.4. The highest BCUT2D eigenvalue weighted by Gasteiger charge is 2.24. The van der Waals surface area contributed by atoms with Crippen molar-refractivity contribution in [2.75, 3.05) is 24.5 Å². The lowest BCUT2D eigenvalue weighted by Crippen LogP contribution is -2.41. The number of nitrogens with zero attached hydrogens (tertiary/aromatic N) is 2. The van der Waals surface area contributed by atoms with Gasteiger partial charge in [0.05, 0.1) is 0 Å². The van der Waals surface area contributed by atoms with Crippen LogP contribution < -0.4 is 10.2 Å². The van der Waals surface area contributed by atoms with Crippen LogP contribution in [0.15, 0.2) is 18.2 Å². The van der Waals surface area contributed by atoms with E-state index in [0.29, 0.717) is 31.0 Å². The van der Waals surface area contributed by atoms with Crippen LogP contribution in [0.4, 0.5) is 5.69 Å². The van der Waals surface area contributed by atoms with Gasteiger partial charge in [-0.2, -0.15) is 0 Å². The number of fused-ring (bicyclic) bond motifs is 1. The van der Waals surface area contributed by atoms with E-state index in [-0.39, 0.29) is 11.8 Å². The molecule has 1 heterocycles. The zero-order valence-corrected chi connectivity index (χ0v) is 21.6. The van der Waals surface area contributed by atoms with Crippen LogP contribution in [0.25, 0.3) is 0 Å². The molecule has 1 aliphatic heterocycles. The summed E-state index contributed by atoms with van der Waals surface area (Å²) in [5.74, 6) is -0.787. The van der Waals surface area contributed by atoms with Gasteiger partial charge in [0.2, 0.25) is 5.91 Å². The lowest BCUT2D eigenvalue weighted by Gasteiger charge is -2.30. The Labute approximate surface area is 204 Å². The monoisotopic (exact) mass is 473 g/mol. The van der Waals surface area contributed by atoms with E-state index in [1.807, 2.05) is 30.9 Å². The van der Waals surface area contributed by atoms with Crippen LogP contribution in [-0.2, 0) is 16.1 Å². The van der Waals surface area contributed by atoms with Crippen molar-refractivity contribution >= 4 is 23.5 Å². The summed E-state index contributed by atoms with van der Waals surface area (Å²) in [4.78, 5) is 41.4. The van der Waals surface area contributed by atoms with Gasteiger partial charge < -0.3 is 15.3 Å². The van der Waals surface area contributed by atoms with E-state index in [4.69, 9.17) is 0 Å². The first-order valence-corrected chi connectivity index (χ1v) is 12.8. The van der Waals surface area contributed by atoms with Gasteiger partial charge >= 0.3 is 5.97 Å². The molecular formula is C27H43N3O4. The molecule has 2 rings (SSSR count). The Morgan fingerprint density at radius 2 is 1.62 bits per heavy atom. The maximum absolute atomic E-state index is 13.0. The van der Waals surface area contributed by atoms with Gasteiger partial charge in [-0.15, -0.1) is 0 Å². The van der Waals surface area contributed by atoms with Crippen molar-refractivity contribution in [2.45, 2.75) is 85.7 Å². The lowest BCUT2D eigenvalue weighted by molar-refractivity contribution is -0.139. The molecule has 0 aliphatic carbocycles. The van der Waals surface area contributed by atoms with Gasteiger partial charge in [0.15, 0.2) is 0 Å². The van der Waals surface area contributed by atoms with Crippen LogP contribution in [0.2, 0.25) is 0 Å². The zero-order chi connectivity index (χ0) is 25.3. The van der Waals surface area contributed by atoms with Gasteiger partial charge in [0, 0.05) is 37.8 Å². The number of carbonyl (C=O) groups is 3. The summed E-state index contributed by atoms with van der Waals surface area (Å²) < 4.78 is 0. The van der Waals surface area contributed by atoms with Crippen LogP contribution in [0.5, 0.6) is 0 Å². The van der Waals surface area contributed by atoms with Gasteiger partial charge in [-0.1, -0.05) is 47.0 Å². The van der Waals surface area contributed by atoms with Crippen LogP contribution in [-0.4, -0.2) is 53.5 Å². The molecular weight excluding hydrogens is 430 g/mol. The van der Waals surface area contributed by atoms with Crippen molar-refractivity contribution in [1.82, 2.24) is 10.2 Å². The fourth-order valence-electron chi connectivity index (χ4n) is 4.63. The summed E-state index contributed by atoms with van der Waals surface area (Å²) in [7, 11) is 0. The predicted octanol–water partition coefficient (Wildman–Crippen LogP) is 4.69.